The van der Waals surface area contributed by atoms with E-state index in [4.69, 9.17) is 27.2 Å². The van der Waals surface area contributed by atoms with Gasteiger partial charge in [0.2, 0.25) is 8.32 Å². The van der Waals surface area contributed by atoms with Gasteiger partial charge in [-0.3, -0.25) is 4.79 Å². The molecule has 0 aromatic carbocycles. The minimum Gasteiger partial charge on any atom is -0.518 e. The van der Waals surface area contributed by atoms with Gasteiger partial charge < -0.3 is 27.2 Å². The lowest BCUT2D eigenvalue weighted by molar-refractivity contribution is -0.286. The molecule has 0 aliphatic carbocycles. The van der Waals surface area contributed by atoms with Crippen molar-refractivity contribution >= 4 is 39.2 Å². The van der Waals surface area contributed by atoms with E-state index in [1.54, 1.807) is 0 Å². The van der Waals surface area contributed by atoms with Crippen LogP contribution in [0, 0.1) is 5.92 Å². The highest BCUT2D eigenvalue weighted by Crippen LogP contribution is 2.35. The van der Waals surface area contributed by atoms with Crippen molar-refractivity contribution < 1.29 is 32.0 Å². The van der Waals surface area contributed by atoms with Crippen LogP contribution in [0.4, 0.5) is 0 Å². The molecule has 1 aliphatic rings. The van der Waals surface area contributed by atoms with E-state index >= 15 is 0 Å². The van der Waals surface area contributed by atoms with E-state index in [1.807, 2.05) is 19.6 Å². The molecule has 1 aliphatic heterocycles. The summed E-state index contributed by atoms with van der Waals surface area (Å²) in [5.41, 5.74) is 0. The standard InChI is InChI=1S/C23H52O7Si4/c1-15-17(2)16-25-23-21(29-33(9,10)11)19(28-32(6,7)8)18(27-31(3,4)5)20(26-23)22(24)30-34(12,13)14/h17-21,23H,15-16H2,1-14H3/t17-,18?,19?,20?,21?,23?/m0/s1. The minimum absolute atomic E-state index is 0.357. The summed E-state index contributed by atoms with van der Waals surface area (Å²) in [5.74, 6) is -0.0361. The van der Waals surface area contributed by atoms with Crippen molar-refractivity contribution in [2.75, 3.05) is 6.61 Å². The second-order valence-corrected chi connectivity index (χ2v) is 31.2. The monoisotopic (exact) mass is 552 g/mol. The van der Waals surface area contributed by atoms with Gasteiger partial charge in [0, 0.05) is 0 Å². The van der Waals surface area contributed by atoms with Gasteiger partial charge in [0.25, 0.3) is 0 Å². The van der Waals surface area contributed by atoms with Crippen LogP contribution in [0.3, 0.4) is 0 Å². The van der Waals surface area contributed by atoms with Crippen molar-refractivity contribution in [1.29, 1.82) is 0 Å². The van der Waals surface area contributed by atoms with Gasteiger partial charge in [-0.25, -0.2) is 0 Å². The molecule has 0 bridgehead atoms. The second kappa shape index (κ2) is 12.1. The Kier molecular flexibility index (Phi) is 11.5. The fourth-order valence-electron chi connectivity index (χ4n) is 3.48. The van der Waals surface area contributed by atoms with Crippen LogP contribution in [0.25, 0.3) is 0 Å². The first-order valence-electron chi connectivity index (χ1n) is 12.7. The van der Waals surface area contributed by atoms with Crippen LogP contribution in [0.2, 0.25) is 78.6 Å². The van der Waals surface area contributed by atoms with Crippen LogP contribution < -0.4 is 0 Å². The lowest BCUT2D eigenvalue weighted by Gasteiger charge is -2.50. The smallest absolute Gasteiger partial charge is 0.324 e. The molecule has 6 atom stereocenters. The zero-order valence-corrected chi connectivity index (χ0v) is 28.2. The molecule has 1 saturated heterocycles. The van der Waals surface area contributed by atoms with E-state index in [9.17, 15) is 4.79 Å². The maximum absolute atomic E-state index is 13.4. The summed E-state index contributed by atoms with van der Waals surface area (Å²) < 4.78 is 38.7. The summed E-state index contributed by atoms with van der Waals surface area (Å²) in [6.45, 7) is 30.0. The van der Waals surface area contributed by atoms with Crippen molar-refractivity contribution in [2.45, 2.75) is 130 Å². The molecular formula is C23H52O7Si4. The predicted molar refractivity (Wildman–Crippen MR) is 148 cm³/mol. The number of rotatable bonds is 12. The Morgan fingerprint density at radius 1 is 0.735 bits per heavy atom. The summed E-state index contributed by atoms with van der Waals surface area (Å²) in [6, 6.07) is 0. The van der Waals surface area contributed by atoms with Crippen molar-refractivity contribution in [3.8, 4) is 0 Å². The highest BCUT2D eigenvalue weighted by atomic mass is 28.4. The van der Waals surface area contributed by atoms with Crippen molar-refractivity contribution in [1.82, 2.24) is 0 Å². The molecule has 0 spiro atoms. The van der Waals surface area contributed by atoms with Crippen LogP contribution in [-0.2, 0) is 32.0 Å². The molecular weight excluding hydrogens is 501 g/mol. The predicted octanol–water partition coefficient (Wildman–Crippen LogP) is 5.81. The van der Waals surface area contributed by atoms with Gasteiger partial charge in [-0.2, -0.15) is 0 Å². The third-order valence-electron chi connectivity index (χ3n) is 4.84. The van der Waals surface area contributed by atoms with Gasteiger partial charge >= 0.3 is 5.97 Å². The first kappa shape index (κ1) is 32.2. The Morgan fingerprint density at radius 2 is 1.18 bits per heavy atom. The van der Waals surface area contributed by atoms with E-state index in [0.717, 1.165) is 6.42 Å². The summed E-state index contributed by atoms with van der Waals surface area (Å²) in [5, 5.41) is 0. The maximum Gasteiger partial charge on any atom is 0.324 e. The Balaban J connectivity index is 3.55. The number of ether oxygens (including phenoxy) is 2. The Hall–Kier alpha value is 0.138. The largest absolute Gasteiger partial charge is 0.518 e. The van der Waals surface area contributed by atoms with Gasteiger partial charge in [-0.05, 0) is 84.5 Å². The lowest BCUT2D eigenvalue weighted by Crippen LogP contribution is -2.67. The fraction of sp³-hybridized carbons (Fsp3) is 0.957. The van der Waals surface area contributed by atoms with Gasteiger partial charge in [-0.15, -0.1) is 0 Å². The first-order valence-corrected chi connectivity index (χ1v) is 26.3. The van der Waals surface area contributed by atoms with Crippen molar-refractivity contribution in [2.24, 2.45) is 5.92 Å². The average molecular weight is 553 g/mol. The highest BCUT2D eigenvalue weighted by molar-refractivity contribution is 6.71. The minimum atomic E-state index is -2.15. The first-order chi connectivity index (χ1) is 15.1. The fourth-order valence-corrected chi connectivity index (χ4v) is 7.42. The summed E-state index contributed by atoms with van der Waals surface area (Å²) in [7, 11) is -8.32. The van der Waals surface area contributed by atoms with Crippen LogP contribution in [0.15, 0.2) is 0 Å². The molecule has 5 unspecified atom stereocenters. The van der Waals surface area contributed by atoms with Gasteiger partial charge in [0.15, 0.2) is 37.3 Å². The second-order valence-electron chi connectivity index (χ2n) is 13.4. The Morgan fingerprint density at radius 3 is 1.59 bits per heavy atom. The third-order valence-corrected chi connectivity index (χ3v) is 8.60. The zero-order valence-electron chi connectivity index (χ0n) is 24.2. The Bertz CT molecular complexity index is 650. The Labute approximate surface area is 213 Å². The molecule has 0 amide bonds. The number of hydrogen-bond donors (Lipinski definition) is 0. The lowest BCUT2D eigenvalue weighted by atomic mass is 9.99. The number of carbonyl (C=O) groups is 1. The molecule has 34 heavy (non-hydrogen) atoms. The van der Waals surface area contributed by atoms with Crippen LogP contribution >= 0.6 is 0 Å². The van der Waals surface area contributed by atoms with Crippen molar-refractivity contribution in [3.63, 3.8) is 0 Å². The molecule has 0 aromatic rings. The summed E-state index contributed by atoms with van der Waals surface area (Å²) in [4.78, 5) is 13.4. The quantitative estimate of drug-likeness (QED) is 0.283. The maximum atomic E-state index is 13.4. The van der Waals surface area contributed by atoms with Crippen LogP contribution in [0.5, 0.6) is 0 Å². The zero-order chi connectivity index (χ0) is 26.7. The molecule has 7 nitrogen and oxygen atoms in total. The van der Waals surface area contributed by atoms with Crippen LogP contribution in [0.1, 0.15) is 20.3 Å². The summed E-state index contributed by atoms with van der Waals surface area (Å²) >= 11 is 0. The number of carbonyl (C=O) groups excluding carboxylic acids is 1. The van der Waals surface area contributed by atoms with Gasteiger partial charge in [-0.1, -0.05) is 20.3 Å². The summed E-state index contributed by atoms with van der Waals surface area (Å²) in [6.07, 6.45) is -2.26. The number of hydrogen-bond acceptors (Lipinski definition) is 7. The average Bonchev–Trinajstić information content (AvgIpc) is 2.58. The molecule has 0 aromatic heterocycles. The SMILES string of the molecule is CC[C@H](C)COC1OC(C(=O)O[Si](C)(C)C)C(O[Si](C)(C)C)C(O[Si](C)(C)C)C1O[Si](C)(C)C. The van der Waals surface area contributed by atoms with Crippen molar-refractivity contribution in [3.05, 3.63) is 0 Å². The molecule has 1 rings (SSSR count). The molecule has 0 saturated carbocycles. The van der Waals surface area contributed by atoms with E-state index in [1.165, 1.54) is 0 Å². The topological polar surface area (TPSA) is 72.5 Å². The molecule has 1 heterocycles. The molecule has 202 valence electrons. The molecule has 1 fully saturated rings. The van der Waals surface area contributed by atoms with E-state index in [-0.39, 0.29) is 0 Å². The van der Waals surface area contributed by atoms with E-state index < -0.39 is 69.9 Å². The normalized spacial score (nSPS) is 28.0. The van der Waals surface area contributed by atoms with E-state index in [0.29, 0.717) is 12.5 Å². The molecule has 11 heteroatoms. The molecule has 0 N–H and O–H groups in total. The van der Waals surface area contributed by atoms with Gasteiger partial charge in [0.05, 0.1) is 6.61 Å². The molecule has 0 radical (unpaired) electrons. The van der Waals surface area contributed by atoms with Crippen LogP contribution in [-0.4, -0.2) is 76.6 Å². The van der Waals surface area contributed by atoms with E-state index in [2.05, 4.69) is 72.8 Å². The van der Waals surface area contributed by atoms with Gasteiger partial charge in [0.1, 0.15) is 18.3 Å². The highest BCUT2D eigenvalue weighted by Gasteiger charge is 2.55. The third kappa shape index (κ3) is 11.9.